The first-order valence-electron chi connectivity index (χ1n) is 11.8. The Morgan fingerprint density at radius 1 is 1.00 bits per heavy atom. The van der Waals surface area contributed by atoms with E-state index in [2.05, 4.69) is 10.4 Å². The van der Waals surface area contributed by atoms with Crippen LogP contribution in [0.5, 0.6) is 0 Å². The largest absolute Gasteiger partial charge is 0.339 e. The van der Waals surface area contributed by atoms with Crippen molar-refractivity contribution in [3.8, 4) is 10.4 Å². The van der Waals surface area contributed by atoms with Crippen LogP contribution in [0.25, 0.3) is 21.3 Å². The molecule has 1 N–H and O–H groups in total. The third-order valence-corrected chi connectivity index (χ3v) is 7.60. The van der Waals surface area contributed by atoms with Gasteiger partial charge in [0.15, 0.2) is 0 Å². The fourth-order valence-electron chi connectivity index (χ4n) is 4.57. The van der Waals surface area contributed by atoms with Crippen LogP contribution in [0.2, 0.25) is 0 Å². The highest BCUT2D eigenvalue weighted by Crippen LogP contribution is 2.40. The lowest BCUT2D eigenvalue weighted by Gasteiger charge is -2.27. The fourth-order valence-corrected chi connectivity index (χ4v) is 5.79. The lowest BCUT2D eigenvalue weighted by atomic mass is 10.0. The van der Waals surface area contributed by atoms with Gasteiger partial charge in [-0.15, -0.1) is 11.3 Å². The summed E-state index contributed by atoms with van der Waals surface area (Å²) in [5.74, 6) is -0.345. The van der Waals surface area contributed by atoms with Crippen molar-refractivity contribution < 1.29 is 9.59 Å². The number of thiophene rings is 1. The van der Waals surface area contributed by atoms with Gasteiger partial charge in [0.2, 0.25) is 11.3 Å². The van der Waals surface area contributed by atoms with Crippen molar-refractivity contribution in [2.45, 2.75) is 32.7 Å². The van der Waals surface area contributed by atoms with Crippen molar-refractivity contribution >= 4 is 39.1 Å². The molecule has 1 saturated heterocycles. The molecule has 2 aromatic carbocycles. The summed E-state index contributed by atoms with van der Waals surface area (Å²) < 4.78 is 1.51. The average Bonchev–Trinajstić information content (AvgIpc) is 3.21. The molecule has 0 unspecified atom stereocenters. The zero-order valence-electron chi connectivity index (χ0n) is 19.5. The van der Waals surface area contributed by atoms with Gasteiger partial charge in [0.05, 0.1) is 17.3 Å². The van der Waals surface area contributed by atoms with Crippen LogP contribution < -0.4 is 10.7 Å². The van der Waals surface area contributed by atoms with Crippen LogP contribution in [0, 0.1) is 6.92 Å². The van der Waals surface area contributed by atoms with Gasteiger partial charge in [-0.2, -0.15) is 5.10 Å². The second-order valence-corrected chi connectivity index (χ2v) is 9.73. The Labute approximate surface area is 207 Å². The molecule has 1 aliphatic heterocycles. The van der Waals surface area contributed by atoms with Gasteiger partial charge in [0, 0.05) is 23.4 Å². The molecule has 4 aromatic rings. The lowest BCUT2D eigenvalue weighted by molar-refractivity contribution is -0.116. The molecule has 5 rings (SSSR count). The molecule has 8 heteroatoms. The minimum Gasteiger partial charge on any atom is -0.339 e. The Kier molecular flexibility index (Phi) is 6.46. The first kappa shape index (κ1) is 23.0. The summed E-state index contributed by atoms with van der Waals surface area (Å²) in [7, 11) is 0. The van der Waals surface area contributed by atoms with E-state index in [4.69, 9.17) is 0 Å². The summed E-state index contributed by atoms with van der Waals surface area (Å²) in [4.78, 5) is 41.7. The van der Waals surface area contributed by atoms with Gasteiger partial charge in [-0.3, -0.25) is 19.1 Å². The number of para-hydroxylation sites is 1. The predicted octanol–water partition coefficient (Wildman–Crippen LogP) is 4.70. The molecule has 0 atom stereocenters. The van der Waals surface area contributed by atoms with E-state index in [1.807, 2.05) is 48.2 Å². The van der Waals surface area contributed by atoms with Crippen LogP contribution >= 0.6 is 11.3 Å². The van der Waals surface area contributed by atoms with Crippen molar-refractivity contribution in [3.05, 3.63) is 82.1 Å². The van der Waals surface area contributed by atoms with E-state index in [9.17, 15) is 14.4 Å². The van der Waals surface area contributed by atoms with Gasteiger partial charge < -0.3 is 10.2 Å². The monoisotopic (exact) mass is 486 g/mol. The van der Waals surface area contributed by atoms with Gasteiger partial charge >= 0.3 is 0 Å². The highest BCUT2D eigenvalue weighted by molar-refractivity contribution is 7.20. The number of hydrogen-bond donors (Lipinski definition) is 1. The lowest BCUT2D eigenvalue weighted by Crippen LogP contribution is -2.36. The summed E-state index contributed by atoms with van der Waals surface area (Å²) in [5, 5.41) is 8.20. The fraction of sp³-hybridized carbons (Fsp3) is 0.259. The Hall–Kier alpha value is -3.78. The van der Waals surface area contributed by atoms with Crippen molar-refractivity contribution in [1.82, 2.24) is 14.7 Å². The minimum absolute atomic E-state index is 0.0390. The van der Waals surface area contributed by atoms with Crippen LogP contribution in [0.15, 0.2) is 65.6 Å². The van der Waals surface area contributed by atoms with Crippen molar-refractivity contribution in [2.75, 3.05) is 18.4 Å². The number of piperidine rings is 1. The molecule has 3 heterocycles. The molecular weight excluding hydrogens is 460 g/mol. The Morgan fingerprint density at radius 3 is 2.49 bits per heavy atom. The van der Waals surface area contributed by atoms with E-state index < -0.39 is 0 Å². The summed E-state index contributed by atoms with van der Waals surface area (Å²) >= 11 is 1.42. The van der Waals surface area contributed by atoms with Gasteiger partial charge in [0.25, 0.3) is 5.91 Å². The highest BCUT2D eigenvalue weighted by atomic mass is 32.1. The Balaban J connectivity index is 1.49. The smallest absolute Gasteiger partial charge is 0.257 e. The number of benzene rings is 2. The van der Waals surface area contributed by atoms with Gasteiger partial charge in [-0.05, 0) is 49.4 Å². The molecule has 178 valence electrons. The zero-order valence-corrected chi connectivity index (χ0v) is 20.3. The molecule has 1 fully saturated rings. The zero-order chi connectivity index (χ0) is 24.4. The minimum atomic E-state index is -0.306. The van der Waals surface area contributed by atoms with Gasteiger partial charge in [-0.1, -0.05) is 42.5 Å². The standard InChI is InChI=1S/C27H26N4O3S/c1-18-24(27(34)30-14-8-3-9-15-30)26(35-25(18)19-10-4-2-5-11-19)29-23(33)17-31-21-13-7-6-12-20(21)22(32)16-28-31/h2,4-7,10-13,16H,3,8-9,14-15,17H2,1H3,(H,29,33). The van der Waals surface area contributed by atoms with Gasteiger partial charge in [-0.25, -0.2) is 0 Å². The number of likely N-dealkylation sites (tertiary alicyclic amines) is 1. The molecule has 1 aliphatic rings. The molecule has 2 amide bonds. The first-order valence-corrected chi connectivity index (χ1v) is 12.6. The molecule has 35 heavy (non-hydrogen) atoms. The molecular formula is C27H26N4O3S. The maximum absolute atomic E-state index is 13.6. The number of amides is 2. The van der Waals surface area contributed by atoms with Crippen molar-refractivity contribution in [2.24, 2.45) is 0 Å². The van der Waals surface area contributed by atoms with E-state index in [1.54, 1.807) is 18.2 Å². The van der Waals surface area contributed by atoms with Crippen LogP contribution in [-0.4, -0.2) is 39.6 Å². The Morgan fingerprint density at radius 2 is 1.71 bits per heavy atom. The maximum Gasteiger partial charge on any atom is 0.257 e. The molecule has 0 saturated carbocycles. The molecule has 0 aliphatic carbocycles. The second-order valence-electron chi connectivity index (χ2n) is 8.71. The van der Waals surface area contributed by atoms with E-state index in [-0.39, 0.29) is 23.8 Å². The van der Waals surface area contributed by atoms with Crippen LogP contribution in [0.1, 0.15) is 35.2 Å². The van der Waals surface area contributed by atoms with Crippen molar-refractivity contribution in [1.29, 1.82) is 0 Å². The number of nitrogens with zero attached hydrogens (tertiary/aromatic N) is 3. The number of carbonyl (C=O) groups is 2. The second kappa shape index (κ2) is 9.84. The number of carbonyl (C=O) groups excluding carboxylic acids is 2. The SMILES string of the molecule is Cc1c(-c2ccccc2)sc(NC(=O)Cn2ncc(=O)c3ccccc32)c1C(=O)N1CCCCC1. The summed E-state index contributed by atoms with van der Waals surface area (Å²) in [6, 6.07) is 17.0. The summed E-state index contributed by atoms with van der Waals surface area (Å²) in [6.45, 7) is 3.34. The number of hydrogen-bond acceptors (Lipinski definition) is 5. The van der Waals surface area contributed by atoms with Crippen LogP contribution in [-0.2, 0) is 11.3 Å². The van der Waals surface area contributed by atoms with Crippen molar-refractivity contribution in [3.63, 3.8) is 0 Å². The molecule has 7 nitrogen and oxygen atoms in total. The van der Waals surface area contributed by atoms with E-state index in [1.165, 1.54) is 22.2 Å². The number of nitrogens with one attached hydrogen (secondary N) is 1. The molecule has 0 spiro atoms. The Bertz CT molecular complexity index is 1450. The van der Waals surface area contributed by atoms with E-state index in [0.29, 0.717) is 21.5 Å². The third-order valence-electron chi connectivity index (χ3n) is 6.35. The molecule has 0 bridgehead atoms. The molecule has 2 aromatic heterocycles. The third kappa shape index (κ3) is 4.61. The summed E-state index contributed by atoms with van der Waals surface area (Å²) in [5.41, 5.74) is 2.84. The van der Waals surface area contributed by atoms with E-state index in [0.717, 1.165) is 48.4 Å². The maximum atomic E-state index is 13.6. The average molecular weight is 487 g/mol. The summed E-state index contributed by atoms with van der Waals surface area (Å²) in [6.07, 6.45) is 4.34. The molecule has 0 radical (unpaired) electrons. The number of fused-ring (bicyclic) bond motifs is 1. The number of aromatic nitrogens is 2. The topological polar surface area (TPSA) is 84.3 Å². The number of rotatable bonds is 5. The number of anilines is 1. The van der Waals surface area contributed by atoms with Crippen LogP contribution in [0.3, 0.4) is 0 Å². The highest BCUT2D eigenvalue weighted by Gasteiger charge is 2.27. The normalized spacial score (nSPS) is 13.7. The van der Waals surface area contributed by atoms with E-state index >= 15 is 0 Å². The first-order chi connectivity index (χ1) is 17.0. The predicted molar refractivity (Wildman–Crippen MR) is 139 cm³/mol. The van der Waals surface area contributed by atoms with Crippen LogP contribution in [0.4, 0.5) is 5.00 Å². The quantitative estimate of drug-likeness (QED) is 0.443. The van der Waals surface area contributed by atoms with Gasteiger partial charge in [0.1, 0.15) is 11.5 Å².